The van der Waals surface area contributed by atoms with E-state index < -0.39 is 5.41 Å². The van der Waals surface area contributed by atoms with Crippen molar-refractivity contribution in [2.24, 2.45) is 11.3 Å². The van der Waals surface area contributed by atoms with Crippen molar-refractivity contribution in [3.8, 4) is 0 Å². The fourth-order valence-corrected chi connectivity index (χ4v) is 2.44. The van der Waals surface area contributed by atoms with Gasteiger partial charge in [0, 0.05) is 11.3 Å². The van der Waals surface area contributed by atoms with Crippen LogP contribution in [-0.2, 0) is 9.53 Å². The molecule has 0 bridgehead atoms. The third-order valence-electron chi connectivity index (χ3n) is 3.47. The van der Waals surface area contributed by atoms with E-state index in [1.807, 2.05) is 0 Å². The number of aliphatic hydroxyl groups is 2. The van der Waals surface area contributed by atoms with E-state index in [4.69, 9.17) is 0 Å². The molecule has 0 aliphatic heterocycles. The van der Waals surface area contributed by atoms with Gasteiger partial charge in [0.05, 0.1) is 25.7 Å². The number of hydrogen-bond donors (Lipinski definition) is 2. The monoisotopic (exact) mass is 256 g/mol. The zero-order chi connectivity index (χ0) is 14.0. The second kappa shape index (κ2) is 8.89. The van der Waals surface area contributed by atoms with Crippen LogP contribution in [0.25, 0.3) is 0 Å². The summed E-state index contributed by atoms with van der Waals surface area (Å²) >= 11 is 0. The van der Waals surface area contributed by atoms with E-state index in [9.17, 15) is 15.0 Å². The number of rotatable bonds is 5. The molecular formula is C14H24O4. The average molecular weight is 256 g/mol. The van der Waals surface area contributed by atoms with Gasteiger partial charge in [-0.05, 0) is 19.8 Å². The molecule has 104 valence electrons. The van der Waals surface area contributed by atoms with Gasteiger partial charge >= 0.3 is 0 Å². The van der Waals surface area contributed by atoms with E-state index >= 15 is 0 Å². The lowest BCUT2D eigenvalue weighted by molar-refractivity contribution is -0.131. The predicted octanol–water partition coefficient (Wildman–Crippen LogP) is 2.03. The second-order valence-corrected chi connectivity index (χ2v) is 4.56. The SMILES string of the molecule is C=COC=C.CC(=O)C1CCCCC1(CO)CO. The highest BCUT2D eigenvalue weighted by molar-refractivity contribution is 5.79. The quantitative estimate of drug-likeness (QED) is 0.739. The molecule has 1 aliphatic carbocycles. The van der Waals surface area contributed by atoms with Crippen LogP contribution in [0.3, 0.4) is 0 Å². The summed E-state index contributed by atoms with van der Waals surface area (Å²) in [5, 5.41) is 18.5. The Bertz CT molecular complexity index is 263. The third kappa shape index (κ3) is 4.63. The molecule has 0 saturated heterocycles. The van der Waals surface area contributed by atoms with Crippen LogP contribution < -0.4 is 0 Å². The lowest BCUT2D eigenvalue weighted by Crippen LogP contribution is -2.43. The highest BCUT2D eigenvalue weighted by atomic mass is 16.5. The first-order valence-corrected chi connectivity index (χ1v) is 6.17. The number of ketones is 1. The van der Waals surface area contributed by atoms with E-state index in [-0.39, 0.29) is 24.9 Å². The minimum absolute atomic E-state index is 0.0756. The lowest BCUT2D eigenvalue weighted by atomic mass is 9.66. The molecule has 4 nitrogen and oxygen atoms in total. The topological polar surface area (TPSA) is 66.8 Å². The maximum Gasteiger partial charge on any atom is 0.133 e. The van der Waals surface area contributed by atoms with Crippen molar-refractivity contribution in [3.63, 3.8) is 0 Å². The van der Waals surface area contributed by atoms with Crippen LogP contribution in [0.4, 0.5) is 0 Å². The Morgan fingerprint density at radius 1 is 1.33 bits per heavy atom. The summed E-state index contributed by atoms with van der Waals surface area (Å²) in [5.74, 6) is -0.0425. The fourth-order valence-electron chi connectivity index (χ4n) is 2.44. The van der Waals surface area contributed by atoms with Crippen molar-refractivity contribution in [2.75, 3.05) is 13.2 Å². The molecule has 4 heteroatoms. The molecule has 1 atom stereocenters. The van der Waals surface area contributed by atoms with Gasteiger partial charge in [-0.25, -0.2) is 0 Å². The van der Waals surface area contributed by atoms with Crippen molar-refractivity contribution >= 4 is 5.78 Å². The summed E-state index contributed by atoms with van der Waals surface area (Å²) in [6, 6.07) is 0. The number of carbonyl (C=O) groups is 1. The Labute approximate surface area is 109 Å². The zero-order valence-corrected chi connectivity index (χ0v) is 11.1. The van der Waals surface area contributed by atoms with Crippen LogP contribution in [0.15, 0.2) is 25.7 Å². The predicted molar refractivity (Wildman–Crippen MR) is 70.7 cm³/mol. The first kappa shape index (κ1) is 16.9. The summed E-state index contributed by atoms with van der Waals surface area (Å²) < 4.78 is 4.36. The summed E-state index contributed by atoms with van der Waals surface area (Å²) in [4.78, 5) is 11.3. The molecule has 0 aromatic carbocycles. The van der Waals surface area contributed by atoms with E-state index in [0.29, 0.717) is 0 Å². The fraction of sp³-hybridized carbons (Fsp3) is 0.643. The Kier molecular flexibility index (Phi) is 8.33. The molecule has 2 N–H and O–H groups in total. The third-order valence-corrected chi connectivity index (χ3v) is 3.47. The van der Waals surface area contributed by atoms with E-state index in [2.05, 4.69) is 17.9 Å². The van der Waals surface area contributed by atoms with Gasteiger partial charge in [0.25, 0.3) is 0 Å². The lowest BCUT2D eigenvalue weighted by Gasteiger charge is -2.40. The summed E-state index contributed by atoms with van der Waals surface area (Å²) in [7, 11) is 0. The zero-order valence-electron chi connectivity index (χ0n) is 11.1. The van der Waals surface area contributed by atoms with E-state index in [1.165, 1.54) is 12.5 Å². The minimum atomic E-state index is -0.538. The van der Waals surface area contributed by atoms with Crippen LogP contribution in [0.2, 0.25) is 0 Å². The number of ether oxygens (including phenoxy) is 1. The van der Waals surface area contributed by atoms with Gasteiger partial charge in [-0.1, -0.05) is 26.0 Å². The van der Waals surface area contributed by atoms with Gasteiger partial charge in [0.1, 0.15) is 5.78 Å². The molecule has 1 unspecified atom stereocenters. The highest BCUT2D eigenvalue weighted by Crippen LogP contribution is 2.41. The molecule has 0 heterocycles. The smallest absolute Gasteiger partial charge is 0.133 e. The Morgan fingerprint density at radius 3 is 2.17 bits per heavy atom. The standard InChI is InChI=1S/C10H18O3.C4H6O/c1-8(13)9-4-2-3-5-10(9,6-11)7-12;1-3-5-4-2/h9,11-12H,2-7H2,1H3;3-4H,1-2H2. The second-order valence-electron chi connectivity index (χ2n) is 4.56. The summed E-state index contributed by atoms with van der Waals surface area (Å²) in [5.41, 5.74) is -0.538. The molecule has 0 amide bonds. The average Bonchev–Trinajstić information content (AvgIpc) is 2.40. The van der Waals surface area contributed by atoms with Crippen molar-refractivity contribution in [1.29, 1.82) is 0 Å². The van der Waals surface area contributed by atoms with Crippen molar-refractivity contribution in [2.45, 2.75) is 32.6 Å². The number of hydrogen-bond acceptors (Lipinski definition) is 4. The Balaban J connectivity index is 0.000000494. The molecule has 0 spiro atoms. The maximum absolute atomic E-state index is 11.3. The van der Waals surface area contributed by atoms with Gasteiger partial charge in [-0.2, -0.15) is 0 Å². The van der Waals surface area contributed by atoms with Gasteiger partial charge in [0.15, 0.2) is 0 Å². The first-order valence-electron chi connectivity index (χ1n) is 6.17. The minimum Gasteiger partial charge on any atom is -0.474 e. The van der Waals surface area contributed by atoms with Crippen molar-refractivity contribution < 1.29 is 19.7 Å². The van der Waals surface area contributed by atoms with Gasteiger partial charge in [-0.15, -0.1) is 0 Å². The molecule has 1 saturated carbocycles. The van der Waals surface area contributed by atoms with Crippen molar-refractivity contribution in [1.82, 2.24) is 0 Å². The Hall–Kier alpha value is -1.13. The van der Waals surface area contributed by atoms with Crippen molar-refractivity contribution in [3.05, 3.63) is 25.7 Å². The van der Waals surface area contributed by atoms with Crippen LogP contribution in [0.5, 0.6) is 0 Å². The summed E-state index contributed by atoms with van der Waals surface area (Å²) in [6.45, 7) is 7.91. The van der Waals surface area contributed by atoms with E-state index in [1.54, 1.807) is 6.92 Å². The summed E-state index contributed by atoms with van der Waals surface area (Å²) in [6.07, 6.45) is 6.25. The Morgan fingerprint density at radius 2 is 1.89 bits per heavy atom. The van der Waals surface area contributed by atoms with Crippen LogP contribution >= 0.6 is 0 Å². The highest BCUT2D eigenvalue weighted by Gasteiger charge is 2.42. The molecule has 1 aliphatic rings. The van der Waals surface area contributed by atoms with E-state index in [0.717, 1.165) is 25.7 Å². The molecule has 1 fully saturated rings. The maximum atomic E-state index is 11.3. The molecular weight excluding hydrogens is 232 g/mol. The largest absolute Gasteiger partial charge is 0.474 e. The molecule has 0 aromatic heterocycles. The van der Waals surface area contributed by atoms with Crippen LogP contribution in [-0.4, -0.2) is 29.2 Å². The van der Waals surface area contributed by atoms with Gasteiger partial charge < -0.3 is 14.9 Å². The van der Waals surface area contributed by atoms with Crippen LogP contribution in [0.1, 0.15) is 32.6 Å². The number of carbonyl (C=O) groups excluding carboxylic acids is 1. The molecule has 0 aromatic rings. The molecule has 18 heavy (non-hydrogen) atoms. The van der Waals surface area contributed by atoms with Gasteiger partial charge in [0.2, 0.25) is 0 Å². The first-order chi connectivity index (χ1) is 8.57. The molecule has 1 rings (SSSR count). The van der Waals surface area contributed by atoms with Crippen LogP contribution in [0, 0.1) is 11.3 Å². The molecule has 0 radical (unpaired) electrons. The number of aliphatic hydroxyl groups excluding tert-OH is 2. The normalized spacial score (nSPS) is 21.2. The number of Topliss-reactive ketones (excluding diaryl/α,β-unsaturated/α-hetero) is 1. The van der Waals surface area contributed by atoms with Gasteiger partial charge in [-0.3, -0.25) is 4.79 Å².